The van der Waals surface area contributed by atoms with E-state index in [9.17, 15) is 24.3 Å². The zero-order valence-corrected chi connectivity index (χ0v) is 21.6. The van der Waals surface area contributed by atoms with Crippen molar-refractivity contribution < 1.29 is 19.5 Å². The fraction of sp³-hybridized carbons (Fsp3) is 0.593. The fourth-order valence-electron chi connectivity index (χ4n) is 4.03. The Kier molecular flexibility index (Phi) is 12.6. The highest BCUT2D eigenvalue weighted by Gasteiger charge is 2.22. The van der Waals surface area contributed by atoms with Gasteiger partial charge in [-0.25, -0.2) is 9.78 Å². The summed E-state index contributed by atoms with van der Waals surface area (Å²) >= 11 is 0. The minimum absolute atomic E-state index is 0.0206. The standard InChI is InChI=1S/C27H40N4O5/c1-3-5-7-9-10-11-13-24(32)30-23(25(33)28-16-12-8-6-4-2)18-31-19-29-22-15-14-20(27(35)36)17-21(22)26(31)34/h14-15,17,19,23H,3-13,16,18H2,1-2H3,(H,28,33)(H,30,32)(H,35,36). The number of carbonyl (C=O) groups excluding carboxylic acids is 2. The monoisotopic (exact) mass is 500 g/mol. The van der Waals surface area contributed by atoms with Gasteiger partial charge in [-0.1, -0.05) is 65.2 Å². The van der Waals surface area contributed by atoms with Crippen molar-refractivity contribution in [2.24, 2.45) is 0 Å². The first kappa shape index (κ1) is 29.0. The van der Waals surface area contributed by atoms with Crippen LogP contribution < -0.4 is 16.2 Å². The molecule has 0 aliphatic heterocycles. The normalized spacial score (nSPS) is 11.8. The first-order valence-electron chi connectivity index (χ1n) is 13.2. The third kappa shape index (κ3) is 9.43. The lowest BCUT2D eigenvalue weighted by atomic mass is 10.1. The number of hydrogen-bond donors (Lipinski definition) is 3. The molecule has 0 aliphatic rings. The van der Waals surface area contributed by atoms with E-state index in [2.05, 4.69) is 29.5 Å². The maximum absolute atomic E-state index is 13.1. The van der Waals surface area contributed by atoms with E-state index in [4.69, 9.17) is 0 Å². The second-order valence-corrected chi connectivity index (χ2v) is 9.23. The molecule has 2 aromatic rings. The van der Waals surface area contributed by atoms with Crippen LogP contribution >= 0.6 is 0 Å². The third-order valence-electron chi connectivity index (χ3n) is 6.19. The first-order valence-corrected chi connectivity index (χ1v) is 13.2. The Morgan fingerprint density at radius 3 is 2.33 bits per heavy atom. The predicted octanol–water partition coefficient (Wildman–Crippen LogP) is 4.03. The number of nitrogens with zero attached hydrogens (tertiary/aromatic N) is 2. The summed E-state index contributed by atoms with van der Waals surface area (Å²) in [4.78, 5) is 54.2. The second-order valence-electron chi connectivity index (χ2n) is 9.23. The molecule has 0 radical (unpaired) electrons. The Labute approximate surface area is 212 Å². The SMILES string of the molecule is CCCCCCCCC(=O)NC(Cn1cnc2ccc(C(=O)O)cc2c1=O)C(=O)NCCCCCC. The molecule has 198 valence electrons. The van der Waals surface area contributed by atoms with E-state index < -0.39 is 17.6 Å². The Morgan fingerprint density at radius 1 is 0.972 bits per heavy atom. The molecule has 1 aromatic heterocycles. The summed E-state index contributed by atoms with van der Waals surface area (Å²) in [6.07, 6.45) is 12.0. The summed E-state index contributed by atoms with van der Waals surface area (Å²) in [7, 11) is 0. The number of aromatic nitrogens is 2. The van der Waals surface area contributed by atoms with E-state index >= 15 is 0 Å². The van der Waals surface area contributed by atoms with Gasteiger partial charge in [0.05, 0.1) is 29.3 Å². The number of benzene rings is 1. The van der Waals surface area contributed by atoms with Gasteiger partial charge in [-0.2, -0.15) is 0 Å². The first-order chi connectivity index (χ1) is 17.4. The van der Waals surface area contributed by atoms with Crippen molar-refractivity contribution in [1.29, 1.82) is 0 Å². The van der Waals surface area contributed by atoms with Crippen molar-refractivity contribution in [3.05, 3.63) is 40.4 Å². The van der Waals surface area contributed by atoms with Crippen LogP contribution in [0.1, 0.15) is 94.8 Å². The summed E-state index contributed by atoms with van der Waals surface area (Å²) in [6, 6.07) is 3.21. The maximum Gasteiger partial charge on any atom is 0.335 e. The zero-order chi connectivity index (χ0) is 26.3. The molecule has 3 N–H and O–H groups in total. The number of carbonyl (C=O) groups is 3. The van der Waals surface area contributed by atoms with Gasteiger partial charge in [-0.15, -0.1) is 0 Å². The van der Waals surface area contributed by atoms with Crippen molar-refractivity contribution >= 4 is 28.7 Å². The topological polar surface area (TPSA) is 130 Å². The van der Waals surface area contributed by atoms with Crippen LogP contribution in [0.4, 0.5) is 0 Å². The number of aromatic carboxylic acids is 1. The third-order valence-corrected chi connectivity index (χ3v) is 6.19. The molecule has 0 aliphatic carbocycles. The van der Waals surface area contributed by atoms with Crippen molar-refractivity contribution in [3.8, 4) is 0 Å². The minimum atomic E-state index is -1.14. The van der Waals surface area contributed by atoms with E-state index in [1.54, 1.807) is 0 Å². The number of nitrogens with one attached hydrogen (secondary N) is 2. The van der Waals surface area contributed by atoms with Gasteiger partial charge in [-0.05, 0) is 31.0 Å². The van der Waals surface area contributed by atoms with E-state index in [1.165, 1.54) is 35.5 Å². The van der Waals surface area contributed by atoms with E-state index in [-0.39, 0.29) is 29.3 Å². The van der Waals surface area contributed by atoms with Gasteiger partial charge in [0.2, 0.25) is 11.8 Å². The summed E-state index contributed by atoms with van der Waals surface area (Å²) in [5.41, 5.74) is -0.118. The molecule has 2 rings (SSSR count). The van der Waals surface area contributed by atoms with Crippen LogP contribution in [0.3, 0.4) is 0 Å². The number of rotatable bonds is 17. The van der Waals surface area contributed by atoms with Gasteiger partial charge < -0.3 is 15.7 Å². The average molecular weight is 501 g/mol. The molecule has 0 bridgehead atoms. The number of amides is 2. The number of unbranched alkanes of at least 4 members (excludes halogenated alkanes) is 8. The van der Waals surface area contributed by atoms with Gasteiger partial charge in [0.15, 0.2) is 0 Å². The molecule has 9 nitrogen and oxygen atoms in total. The van der Waals surface area contributed by atoms with Gasteiger partial charge in [0, 0.05) is 13.0 Å². The molecule has 0 saturated carbocycles. The quantitative estimate of drug-likeness (QED) is 0.281. The highest BCUT2D eigenvalue weighted by atomic mass is 16.4. The highest BCUT2D eigenvalue weighted by molar-refractivity contribution is 5.93. The Bertz CT molecular complexity index is 1070. The van der Waals surface area contributed by atoms with Crippen LogP contribution in [0.5, 0.6) is 0 Å². The average Bonchev–Trinajstić information content (AvgIpc) is 2.86. The van der Waals surface area contributed by atoms with Crippen LogP contribution in [0, 0.1) is 0 Å². The molecule has 0 saturated heterocycles. The van der Waals surface area contributed by atoms with Crippen LogP contribution in [0.2, 0.25) is 0 Å². The van der Waals surface area contributed by atoms with Crippen molar-refractivity contribution in [2.75, 3.05) is 6.54 Å². The van der Waals surface area contributed by atoms with Gasteiger partial charge >= 0.3 is 5.97 Å². The van der Waals surface area contributed by atoms with E-state index in [0.29, 0.717) is 18.5 Å². The van der Waals surface area contributed by atoms with Gasteiger partial charge in [0.1, 0.15) is 6.04 Å². The lowest BCUT2D eigenvalue weighted by Gasteiger charge is -2.20. The zero-order valence-electron chi connectivity index (χ0n) is 21.6. The van der Waals surface area contributed by atoms with E-state index in [1.807, 2.05) is 0 Å². The largest absolute Gasteiger partial charge is 0.478 e. The second kappa shape index (κ2) is 15.7. The molecule has 1 unspecified atom stereocenters. The summed E-state index contributed by atoms with van der Waals surface area (Å²) in [6.45, 7) is 4.67. The molecule has 2 amide bonds. The molecule has 1 heterocycles. The number of carboxylic acids is 1. The lowest BCUT2D eigenvalue weighted by Crippen LogP contribution is -2.50. The summed E-state index contributed by atoms with van der Waals surface area (Å²) < 4.78 is 1.25. The number of carboxylic acid groups (broad SMARTS) is 1. The van der Waals surface area contributed by atoms with Crippen molar-refractivity contribution in [1.82, 2.24) is 20.2 Å². The minimum Gasteiger partial charge on any atom is -0.478 e. The van der Waals surface area contributed by atoms with Crippen LogP contribution in [0.15, 0.2) is 29.3 Å². The van der Waals surface area contributed by atoms with Gasteiger partial charge in [-0.3, -0.25) is 19.0 Å². The van der Waals surface area contributed by atoms with E-state index in [0.717, 1.165) is 57.8 Å². The molecule has 1 atom stereocenters. The molecular weight excluding hydrogens is 460 g/mol. The number of fused-ring (bicyclic) bond motifs is 1. The smallest absolute Gasteiger partial charge is 0.335 e. The van der Waals surface area contributed by atoms with Crippen LogP contribution in [-0.2, 0) is 16.1 Å². The number of hydrogen-bond acceptors (Lipinski definition) is 5. The van der Waals surface area contributed by atoms with Crippen molar-refractivity contribution in [3.63, 3.8) is 0 Å². The molecule has 9 heteroatoms. The Morgan fingerprint density at radius 2 is 1.64 bits per heavy atom. The molecule has 1 aromatic carbocycles. The summed E-state index contributed by atoms with van der Waals surface area (Å²) in [5, 5.41) is 15.1. The highest BCUT2D eigenvalue weighted by Crippen LogP contribution is 2.11. The Hall–Kier alpha value is -3.23. The van der Waals surface area contributed by atoms with Gasteiger partial charge in [0.25, 0.3) is 5.56 Å². The van der Waals surface area contributed by atoms with Crippen molar-refractivity contribution in [2.45, 2.75) is 97.1 Å². The molecule has 0 fully saturated rings. The molecular formula is C27H40N4O5. The van der Waals surface area contributed by atoms with Crippen LogP contribution in [-0.4, -0.2) is 45.0 Å². The predicted molar refractivity (Wildman–Crippen MR) is 140 cm³/mol. The maximum atomic E-state index is 13.1. The molecule has 0 spiro atoms. The Balaban J connectivity index is 2.12. The fourth-order valence-corrected chi connectivity index (χ4v) is 4.03. The molecule has 36 heavy (non-hydrogen) atoms. The van der Waals surface area contributed by atoms with Crippen LogP contribution in [0.25, 0.3) is 10.9 Å². The summed E-state index contributed by atoms with van der Waals surface area (Å²) in [5.74, 6) is -1.73. The lowest BCUT2D eigenvalue weighted by molar-refractivity contribution is -0.129.